The molecule has 1 saturated heterocycles. The van der Waals surface area contributed by atoms with Crippen molar-refractivity contribution in [1.82, 2.24) is 8.61 Å². The molecule has 1 aliphatic heterocycles. The van der Waals surface area contributed by atoms with Gasteiger partial charge in [-0.3, -0.25) is 4.79 Å². The minimum absolute atomic E-state index is 0.0328. The Balaban J connectivity index is 2.90. The molecule has 1 N–H and O–H groups in total. The molecule has 8 nitrogen and oxygen atoms in total. The lowest BCUT2D eigenvalue weighted by Crippen LogP contribution is -2.49. The third kappa shape index (κ3) is 3.89. The van der Waals surface area contributed by atoms with E-state index in [2.05, 4.69) is 0 Å². The summed E-state index contributed by atoms with van der Waals surface area (Å²) in [6.45, 7) is 0.514. The fourth-order valence-electron chi connectivity index (χ4n) is 2.12. The van der Waals surface area contributed by atoms with E-state index in [0.29, 0.717) is 12.8 Å². The average Bonchev–Trinajstić information content (AvgIpc) is 2.88. The van der Waals surface area contributed by atoms with Gasteiger partial charge in [0.25, 0.3) is 10.2 Å². The van der Waals surface area contributed by atoms with Gasteiger partial charge in [-0.1, -0.05) is 0 Å². The van der Waals surface area contributed by atoms with Crippen LogP contribution in [-0.4, -0.2) is 67.5 Å². The second kappa shape index (κ2) is 7.54. The molecule has 0 amide bonds. The molecular weight excluding hydrogens is 286 g/mol. The van der Waals surface area contributed by atoms with Crippen LogP contribution in [0, 0.1) is 11.3 Å². The Morgan fingerprint density at radius 1 is 1.55 bits per heavy atom. The van der Waals surface area contributed by atoms with Crippen molar-refractivity contribution in [3.63, 3.8) is 0 Å². The quantitative estimate of drug-likeness (QED) is 0.655. The van der Waals surface area contributed by atoms with Crippen LogP contribution in [-0.2, 0) is 19.7 Å². The third-order valence-electron chi connectivity index (χ3n) is 3.13. The molecule has 1 aliphatic rings. The van der Waals surface area contributed by atoms with Crippen molar-refractivity contribution in [2.24, 2.45) is 0 Å². The number of nitrogens with zero attached hydrogens (tertiary/aromatic N) is 3. The molecule has 1 rings (SSSR count). The molecule has 9 heteroatoms. The number of hydrogen-bond acceptors (Lipinski definition) is 5. The van der Waals surface area contributed by atoms with E-state index in [1.54, 1.807) is 0 Å². The van der Waals surface area contributed by atoms with Gasteiger partial charge in [0.15, 0.2) is 0 Å². The molecule has 1 fully saturated rings. The summed E-state index contributed by atoms with van der Waals surface area (Å²) in [5.74, 6) is -1.14. The molecule has 20 heavy (non-hydrogen) atoms. The molecular formula is C11H19N3O5S. The van der Waals surface area contributed by atoms with E-state index >= 15 is 0 Å². The van der Waals surface area contributed by atoms with Crippen LogP contribution in [0.1, 0.15) is 19.3 Å². The standard InChI is InChI=1S/C11H19N3O5S/c1-19-9-8-13(6-3-5-12)20(17,18)14-7-2-4-10(14)11(15)16/h10H,2-4,6-9H2,1H3,(H,15,16)/t10-/m1/s1. The van der Waals surface area contributed by atoms with E-state index in [4.69, 9.17) is 15.1 Å². The van der Waals surface area contributed by atoms with Gasteiger partial charge in [-0.2, -0.15) is 22.3 Å². The second-order valence-electron chi connectivity index (χ2n) is 4.41. The van der Waals surface area contributed by atoms with Crippen molar-refractivity contribution in [3.05, 3.63) is 0 Å². The van der Waals surface area contributed by atoms with Crippen molar-refractivity contribution in [2.45, 2.75) is 25.3 Å². The Morgan fingerprint density at radius 3 is 2.80 bits per heavy atom. The summed E-state index contributed by atoms with van der Waals surface area (Å²) >= 11 is 0. The van der Waals surface area contributed by atoms with Crippen LogP contribution < -0.4 is 0 Å². The lowest BCUT2D eigenvalue weighted by molar-refractivity contribution is -0.140. The van der Waals surface area contributed by atoms with Gasteiger partial charge in [0.1, 0.15) is 6.04 Å². The van der Waals surface area contributed by atoms with Gasteiger partial charge >= 0.3 is 5.97 Å². The lowest BCUT2D eigenvalue weighted by atomic mass is 10.2. The molecule has 0 aliphatic carbocycles. The van der Waals surface area contributed by atoms with Crippen LogP contribution in [0.2, 0.25) is 0 Å². The van der Waals surface area contributed by atoms with Crippen molar-refractivity contribution in [3.8, 4) is 6.07 Å². The van der Waals surface area contributed by atoms with E-state index in [1.165, 1.54) is 7.11 Å². The molecule has 1 atom stereocenters. The molecule has 1 heterocycles. The largest absolute Gasteiger partial charge is 0.480 e. The van der Waals surface area contributed by atoms with Gasteiger partial charge in [-0.15, -0.1) is 0 Å². The Labute approximate surface area is 118 Å². The maximum absolute atomic E-state index is 12.5. The van der Waals surface area contributed by atoms with Gasteiger partial charge in [0.05, 0.1) is 12.7 Å². The van der Waals surface area contributed by atoms with Crippen molar-refractivity contribution < 1.29 is 23.1 Å². The first-order valence-electron chi connectivity index (χ1n) is 6.30. The molecule has 0 radical (unpaired) electrons. The minimum Gasteiger partial charge on any atom is -0.480 e. The van der Waals surface area contributed by atoms with Gasteiger partial charge in [-0.05, 0) is 12.8 Å². The van der Waals surface area contributed by atoms with Crippen molar-refractivity contribution >= 4 is 16.2 Å². The summed E-state index contributed by atoms with van der Waals surface area (Å²) in [6.07, 6.45) is 0.881. The first-order chi connectivity index (χ1) is 9.45. The molecule has 0 unspecified atom stereocenters. The van der Waals surface area contributed by atoms with E-state index in [9.17, 15) is 13.2 Å². The maximum Gasteiger partial charge on any atom is 0.322 e. The number of rotatable bonds is 8. The minimum atomic E-state index is -3.88. The molecule has 0 aromatic rings. The first kappa shape index (κ1) is 16.8. The highest BCUT2D eigenvalue weighted by Gasteiger charge is 2.41. The highest BCUT2D eigenvalue weighted by atomic mass is 32.2. The normalized spacial score (nSPS) is 20.1. The number of methoxy groups -OCH3 is 1. The summed E-state index contributed by atoms with van der Waals surface area (Å²) in [4.78, 5) is 11.1. The zero-order chi connectivity index (χ0) is 15.2. The summed E-state index contributed by atoms with van der Waals surface area (Å²) in [5.41, 5.74) is 0. The summed E-state index contributed by atoms with van der Waals surface area (Å²) in [5, 5.41) is 17.7. The average molecular weight is 305 g/mol. The fourth-order valence-corrected chi connectivity index (χ4v) is 3.92. The van der Waals surface area contributed by atoms with E-state index < -0.39 is 22.2 Å². The first-order valence-corrected chi connectivity index (χ1v) is 7.70. The highest BCUT2D eigenvalue weighted by Crippen LogP contribution is 2.23. The van der Waals surface area contributed by atoms with Crippen LogP contribution in [0.25, 0.3) is 0 Å². The smallest absolute Gasteiger partial charge is 0.322 e. The Hall–Kier alpha value is -1.21. The topological polar surface area (TPSA) is 111 Å². The third-order valence-corrected chi connectivity index (χ3v) is 5.18. The molecule has 0 bridgehead atoms. The second-order valence-corrected chi connectivity index (χ2v) is 6.30. The molecule has 0 spiro atoms. The van der Waals surface area contributed by atoms with Crippen LogP contribution in [0.3, 0.4) is 0 Å². The van der Waals surface area contributed by atoms with E-state index in [1.807, 2.05) is 6.07 Å². The lowest BCUT2D eigenvalue weighted by Gasteiger charge is -2.28. The highest BCUT2D eigenvalue weighted by molar-refractivity contribution is 7.86. The molecule has 0 aromatic heterocycles. The Morgan fingerprint density at radius 2 is 2.25 bits per heavy atom. The summed E-state index contributed by atoms with van der Waals surface area (Å²) in [6, 6.07) is 0.868. The number of ether oxygens (including phenoxy) is 1. The van der Waals surface area contributed by atoms with Crippen LogP contribution in [0.4, 0.5) is 0 Å². The number of nitriles is 1. The monoisotopic (exact) mass is 305 g/mol. The zero-order valence-corrected chi connectivity index (χ0v) is 12.2. The summed E-state index contributed by atoms with van der Waals surface area (Å²) in [7, 11) is -2.44. The van der Waals surface area contributed by atoms with Gasteiger partial charge in [0.2, 0.25) is 0 Å². The Bertz CT molecular complexity index is 473. The molecule has 0 saturated carbocycles. The number of carboxylic acids is 1. The fraction of sp³-hybridized carbons (Fsp3) is 0.818. The Kier molecular flexibility index (Phi) is 6.35. The van der Waals surface area contributed by atoms with Crippen LogP contribution >= 0.6 is 0 Å². The predicted octanol–water partition coefficient (Wildman–Crippen LogP) is -0.358. The molecule has 114 valence electrons. The maximum atomic E-state index is 12.5. The number of hydrogen-bond donors (Lipinski definition) is 1. The number of carbonyl (C=O) groups is 1. The molecule has 0 aromatic carbocycles. The zero-order valence-electron chi connectivity index (χ0n) is 11.4. The van der Waals surface area contributed by atoms with Gasteiger partial charge < -0.3 is 9.84 Å². The number of aliphatic carboxylic acids is 1. The van der Waals surface area contributed by atoms with Crippen LogP contribution in [0.5, 0.6) is 0 Å². The van der Waals surface area contributed by atoms with Crippen molar-refractivity contribution in [1.29, 1.82) is 5.26 Å². The SMILES string of the molecule is COCCN(CCC#N)S(=O)(=O)N1CCC[C@@H]1C(=O)O. The number of carboxylic acid groups (broad SMARTS) is 1. The predicted molar refractivity (Wildman–Crippen MR) is 70.0 cm³/mol. The van der Waals surface area contributed by atoms with Crippen LogP contribution in [0.15, 0.2) is 0 Å². The summed E-state index contributed by atoms with van der Waals surface area (Å²) < 4.78 is 31.9. The van der Waals surface area contributed by atoms with Crippen molar-refractivity contribution in [2.75, 3.05) is 33.4 Å². The van der Waals surface area contributed by atoms with E-state index in [-0.39, 0.29) is 32.7 Å². The van der Waals surface area contributed by atoms with Gasteiger partial charge in [0, 0.05) is 33.2 Å². The van der Waals surface area contributed by atoms with Gasteiger partial charge in [-0.25, -0.2) is 0 Å². The van der Waals surface area contributed by atoms with E-state index in [0.717, 1.165) is 8.61 Å².